The van der Waals surface area contributed by atoms with E-state index < -0.39 is 0 Å². The molecule has 2 aromatic carbocycles. The van der Waals surface area contributed by atoms with Crippen LogP contribution in [0.5, 0.6) is 0 Å². The molecule has 1 aliphatic heterocycles. The molecule has 114 valence electrons. The molecule has 0 radical (unpaired) electrons. The molecule has 3 unspecified atom stereocenters. The van der Waals surface area contributed by atoms with Crippen molar-refractivity contribution in [3.05, 3.63) is 83.1 Å². The molecule has 0 fully saturated rings. The molecule has 0 saturated carbocycles. The van der Waals surface area contributed by atoms with Crippen LogP contribution in [-0.2, 0) is 0 Å². The fraction of sp³-hybridized carbons (Fsp3) is 0.263. The second kappa shape index (κ2) is 6.34. The molecule has 3 nitrogen and oxygen atoms in total. The van der Waals surface area contributed by atoms with Crippen LogP contribution in [0.4, 0.5) is 0 Å². The Kier molecular flexibility index (Phi) is 4.27. The molecule has 0 aromatic heterocycles. The topological polar surface area (TPSA) is 36.7 Å². The highest BCUT2D eigenvalue weighted by molar-refractivity contribution is 5.30. The zero-order valence-electron chi connectivity index (χ0n) is 13.1. The molecule has 0 amide bonds. The van der Waals surface area contributed by atoms with Gasteiger partial charge in [-0.1, -0.05) is 60.7 Å². The summed E-state index contributed by atoms with van der Waals surface area (Å²) in [5, 5.41) is 9.56. The molecule has 1 aliphatic rings. The number of nitrogens with one attached hydrogen (secondary N) is 2. The van der Waals surface area contributed by atoms with Gasteiger partial charge in [-0.2, -0.15) is 0 Å². The molecule has 0 bridgehead atoms. The van der Waals surface area contributed by atoms with Crippen molar-refractivity contribution in [1.29, 1.82) is 0 Å². The molecule has 0 spiro atoms. The minimum atomic E-state index is 0.245. The lowest BCUT2D eigenvalue weighted by molar-refractivity contribution is -0.940. The average Bonchev–Trinajstić information content (AvgIpc) is 2.57. The first-order valence-electron chi connectivity index (χ1n) is 7.75. The second-order valence-electron chi connectivity index (χ2n) is 6.03. The molecular weight excluding hydrogens is 272 g/mol. The summed E-state index contributed by atoms with van der Waals surface area (Å²) in [6.07, 6.45) is 0.821. The van der Waals surface area contributed by atoms with Gasteiger partial charge in [-0.15, -0.1) is 0 Å². The summed E-state index contributed by atoms with van der Waals surface area (Å²) in [6.45, 7) is 2.11. The van der Waals surface area contributed by atoms with Gasteiger partial charge in [-0.3, -0.25) is 10.7 Å². The normalized spacial score (nSPS) is 25.1. The lowest BCUT2D eigenvalue weighted by Crippen LogP contribution is -3.10. The highest BCUT2D eigenvalue weighted by Crippen LogP contribution is 2.31. The third kappa shape index (κ3) is 2.65. The van der Waals surface area contributed by atoms with Gasteiger partial charge >= 0.3 is 0 Å². The monoisotopic (exact) mass is 295 g/mol. The van der Waals surface area contributed by atoms with Gasteiger partial charge in [0.05, 0.1) is 7.05 Å². The number of benzene rings is 2. The first-order valence-corrected chi connectivity index (χ1v) is 7.75. The van der Waals surface area contributed by atoms with Gasteiger partial charge in [0.25, 0.3) is 0 Å². The number of hydrogen-bond acceptors (Lipinski definition) is 2. The molecule has 3 rings (SSSR count). The molecule has 3 atom stereocenters. The van der Waals surface area contributed by atoms with E-state index in [-0.39, 0.29) is 6.04 Å². The Morgan fingerprint density at radius 3 is 2.05 bits per heavy atom. The minimum Gasteiger partial charge on any atom is -0.321 e. The zero-order chi connectivity index (χ0) is 15.5. The quantitative estimate of drug-likeness (QED) is 0.762. The van der Waals surface area contributed by atoms with Gasteiger partial charge in [-0.25, -0.2) is 0 Å². The molecule has 3 heteroatoms. The Labute approximate surface area is 131 Å². The van der Waals surface area contributed by atoms with Crippen molar-refractivity contribution >= 4 is 0 Å². The molecular formula is C19H23N2O+. The van der Waals surface area contributed by atoms with Gasteiger partial charge in [0.15, 0.2) is 0 Å². The number of hydroxylamine groups is 1. The predicted molar refractivity (Wildman–Crippen MR) is 87.5 cm³/mol. The van der Waals surface area contributed by atoms with Crippen LogP contribution < -0.4 is 10.4 Å². The van der Waals surface area contributed by atoms with Crippen molar-refractivity contribution < 1.29 is 10.1 Å². The van der Waals surface area contributed by atoms with E-state index in [4.69, 9.17) is 0 Å². The summed E-state index contributed by atoms with van der Waals surface area (Å²) >= 11 is 0. The third-order valence-corrected chi connectivity index (χ3v) is 4.79. The van der Waals surface area contributed by atoms with Crippen molar-refractivity contribution in [3.8, 4) is 0 Å². The minimum absolute atomic E-state index is 0.245. The summed E-state index contributed by atoms with van der Waals surface area (Å²) in [5.41, 5.74) is 7.17. The molecule has 3 N–H and O–H groups in total. The average molecular weight is 295 g/mol. The van der Waals surface area contributed by atoms with E-state index in [0.29, 0.717) is 6.04 Å². The van der Waals surface area contributed by atoms with Gasteiger partial charge in [-0.05, 0) is 6.92 Å². The number of rotatable bonds is 3. The van der Waals surface area contributed by atoms with Crippen molar-refractivity contribution in [1.82, 2.24) is 5.48 Å². The van der Waals surface area contributed by atoms with Crippen molar-refractivity contribution in [3.63, 3.8) is 0 Å². The fourth-order valence-corrected chi connectivity index (χ4v) is 3.60. The smallest absolute Gasteiger partial charge is 0.137 e. The Morgan fingerprint density at radius 2 is 1.50 bits per heavy atom. The Morgan fingerprint density at radius 1 is 0.955 bits per heavy atom. The standard InChI is InChI=1S/C19H22N2O/c1-14-17(20-22)13-18(15-9-5-3-6-10-15)21(2)19(14)16-11-7-4-8-12-16/h3-12,18-20,22H,13H2,1-2H3/p+1. The lowest BCUT2D eigenvalue weighted by Gasteiger charge is -2.38. The number of hydrogen-bond donors (Lipinski definition) is 3. The summed E-state index contributed by atoms with van der Waals surface area (Å²) < 4.78 is 0. The summed E-state index contributed by atoms with van der Waals surface area (Å²) in [5.74, 6) is 0. The van der Waals surface area contributed by atoms with Gasteiger partial charge in [0, 0.05) is 28.8 Å². The maximum Gasteiger partial charge on any atom is 0.137 e. The van der Waals surface area contributed by atoms with Gasteiger partial charge in [0.1, 0.15) is 12.1 Å². The number of likely N-dealkylation sites (N-methyl/N-ethyl adjacent to an activating group) is 1. The van der Waals surface area contributed by atoms with Crippen LogP contribution in [0, 0.1) is 0 Å². The van der Waals surface area contributed by atoms with Crippen LogP contribution in [0.2, 0.25) is 0 Å². The molecule has 1 heterocycles. The maximum absolute atomic E-state index is 9.56. The van der Waals surface area contributed by atoms with Crippen molar-refractivity contribution in [2.45, 2.75) is 25.4 Å². The van der Waals surface area contributed by atoms with Crippen LogP contribution in [0.3, 0.4) is 0 Å². The molecule has 0 saturated heterocycles. The number of quaternary nitrogens is 1. The fourth-order valence-electron chi connectivity index (χ4n) is 3.60. The molecule has 2 aromatic rings. The lowest BCUT2D eigenvalue weighted by atomic mass is 9.86. The van der Waals surface area contributed by atoms with Crippen LogP contribution in [0.1, 0.15) is 36.6 Å². The zero-order valence-corrected chi connectivity index (χ0v) is 13.1. The van der Waals surface area contributed by atoms with Crippen LogP contribution in [-0.4, -0.2) is 12.3 Å². The highest BCUT2D eigenvalue weighted by atomic mass is 16.5. The van der Waals surface area contributed by atoms with E-state index in [1.54, 1.807) is 0 Å². The molecule has 0 aliphatic carbocycles. The van der Waals surface area contributed by atoms with Crippen LogP contribution >= 0.6 is 0 Å². The summed E-state index contributed by atoms with van der Waals surface area (Å²) in [6, 6.07) is 21.7. The Balaban J connectivity index is 2.04. The summed E-state index contributed by atoms with van der Waals surface area (Å²) in [7, 11) is 2.24. The molecule has 22 heavy (non-hydrogen) atoms. The van der Waals surface area contributed by atoms with E-state index in [1.807, 2.05) is 12.1 Å². The van der Waals surface area contributed by atoms with Crippen molar-refractivity contribution in [2.24, 2.45) is 0 Å². The SMILES string of the molecule is CC1=C(NO)CC(c2ccccc2)[NH+](C)C1c1ccccc1. The van der Waals surface area contributed by atoms with E-state index >= 15 is 0 Å². The van der Waals surface area contributed by atoms with Crippen LogP contribution in [0.25, 0.3) is 0 Å². The third-order valence-electron chi connectivity index (χ3n) is 4.79. The van der Waals surface area contributed by atoms with E-state index in [0.717, 1.165) is 12.1 Å². The van der Waals surface area contributed by atoms with E-state index in [1.165, 1.54) is 21.6 Å². The first-order chi connectivity index (χ1) is 10.7. The first kappa shape index (κ1) is 14.8. The Bertz CT molecular complexity index is 652. The highest BCUT2D eigenvalue weighted by Gasteiger charge is 2.37. The second-order valence-corrected chi connectivity index (χ2v) is 6.03. The van der Waals surface area contributed by atoms with Crippen LogP contribution in [0.15, 0.2) is 71.9 Å². The maximum atomic E-state index is 9.56. The van der Waals surface area contributed by atoms with E-state index in [9.17, 15) is 5.21 Å². The van der Waals surface area contributed by atoms with Gasteiger partial charge in [0.2, 0.25) is 0 Å². The predicted octanol–water partition coefficient (Wildman–Crippen LogP) is 2.64. The van der Waals surface area contributed by atoms with Gasteiger partial charge < -0.3 is 4.90 Å². The largest absolute Gasteiger partial charge is 0.321 e. The summed E-state index contributed by atoms with van der Waals surface area (Å²) in [4.78, 5) is 1.44. The van der Waals surface area contributed by atoms with Crippen molar-refractivity contribution in [2.75, 3.05) is 7.05 Å². The van der Waals surface area contributed by atoms with E-state index in [2.05, 4.69) is 68.0 Å². The Hall–Kier alpha value is -2.10.